The number of imide groups is 1. The summed E-state index contributed by atoms with van der Waals surface area (Å²) in [6, 6.07) is 7.39. The summed E-state index contributed by atoms with van der Waals surface area (Å²) in [7, 11) is 3.79. The quantitative estimate of drug-likeness (QED) is 0.300. The second kappa shape index (κ2) is 15.6. The monoisotopic (exact) mass is 637 g/mol. The van der Waals surface area contributed by atoms with E-state index in [1.807, 2.05) is 18.0 Å². The first-order chi connectivity index (χ1) is 22.2. The van der Waals surface area contributed by atoms with Crippen LogP contribution in [0, 0.1) is 11.3 Å². The summed E-state index contributed by atoms with van der Waals surface area (Å²) in [6.07, 6.45) is 16.0. The Kier molecular flexibility index (Phi) is 11.6. The minimum absolute atomic E-state index is 0.0410. The number of aryl methyl sites for hydroxylation is 1. The Morgan fingerprint density at radius 1 is 1.04 bits per heavy atom. The van der Waals surface area contributed by atoms with E-state index >= 15 is 0 Å². The molecular formula is C36H55N5O5. The first-order valence-corrected chi connectivity index (χ1v) is 17.7. The first kappa shape index (κ1) is 34.2. The third kappa shape index (κ3) is 8.04. The molecular weight excluding hydrogens is 582 g/mol. The number of ether oxygens (including phenoxy) is 1. The molecule has 1 spiro atoms. The standard InChI is InChI=1S/C36H55N5O5/c1-27(9-14-33(44)37-25-42)39(3)32-8-4-6-29(34(32)38(2)26-43)11-10-28-15-17-36(18-16-28)19-22-40(23-20-36)35(45)46-24-31-13-12-30-7-5-21-41(30)31/h4,6,8,25-28,30-31H,5,7,9-24H2,1-3H3,(H,37,42,44). The summed E-state index contributed by atoms with van der Waals surface area (Å²) in [5, 5.41) is 2.20. The van der Waals surface area contributed by atoms with Crippen molar-refractivity contribution < 1.29 is 23.9 Å². The van der Waals surface area contributed by atoms with Gasteiger partial charge in [-0.2, -0.15) is 0 Å². The van der Waals surface area contributed by atoms with E-state index in [1.165, 1.54) is 44.9 Å². The van der Waals surface area contributed by atoms with E-state index in [-0.39, 0.29) is 24.5 Å². The number of rotatable bonds is 13. The number of likely N-dealkylation sites (tertiary alicyclic amines) is 1. The summed E-state index contributed by atoms with van der Waals surface area (Å²) in [5.41, 5.74) is 3.40. The molecule has 1 saturated carbocycles. The molecule has 1 aromatic carbocycles. The second-order valence-corrected chi connectivity index (χ2v) is 14.5. The molecule has 3 unspecified atom stereocenters. The van der Waals surface area contributed by atoms with E-state index < -0.39 is 0 Å². The van der Waals surface area contributed by atoms with Gasteiger partial charge in [-0.05, 0) is 120 Å². The van der Waals surface area contributed by atoms with Gasteiger partial charge >= 0.3 is 6.09 Å². The van der Waals surface area contributed by atoms with E-state index in [2.05, 4.69) is 34.2 Å². The number of carbonyl (C=O) groups excluding carboxylic acids is 4. The zero-order chi connectivity index (χ0) is 32.7. The Balaban J connectivity index is 1.09. The second-order valence-electron chi connectivity index (χ2n) is 14.5. The van der Waals surface area contributed by atoms with Crippen LogP contribution in [-0.4, -0.2) is 93.1 Å². The molecule has 46 heavy (non-hydrogen) atoms. The Morgan fingerprint density at radius 2 is 1.80 bits per heavy atom. The zero-order valence-corrected chi connectivity index (χ0v) is 28.3. The van der Waals surface area contributed by atoms with E-state index in [0.717, 1.165) is 81.1 Å². The highest BCUT2D eigenvalue weighted by Gasteiger charge is 2.40. The minimum Gasteiger partial charge on any atom is -0.448 e. The predicted octanol–water partition coefficient (Wildman–Crippen LogP) is 5.13. The van der Waals surface area contributed by atoms with Gasteiger partial charge in [0.1, 0.15) is 6.61 Å². The number of benzene rings is 1. The van der Waals surface area contributed by atoms with Gasteiger partial charge in [-0.1, -0.05) is 12.1 Å². The van der Waals surface area contributed by atoms with Gasteiger partial charge < -0.3 is 19.4 Å². The summed E-state index contributed by atoms with van der Waals surface area (Å²) in [5.74, 6) is 0.367. The van der Waals surface area contributed by atoms with Gasteiger partial charge in [0.2, 0.25) is 18.7 Å². The summed E-state index contributed by atoms with van der Waals surface area (Å²) >= 11 is 0. The predicted molar refractivity (Wildman–Crippen MR) is 180 cm³/mol. The van der Waals surface area contributed by atoms with Crippen molar-refractivity contribution in [2.45, 2.75) is 115 Å². The molecule has 10 heteroatoms. The average Bonchev–Trinajstić information content (AvgIpc) is 3.70. The minimum atomic E-state index is -0.286. The number of para-hydroxylation sites is 1. The number of nitrogens with zero attached hydrogens (tertiary/aromatic N) is 4. The van der Waals surface area contributed by atoms with Crippen molar-refractivity contribution in [3.05, 3.63) is 23.8 Å². The van der Waals surface area contributed by atoms with Gasteiger partial charge in [0.05, 0.1) is 11.4 Å². The molecule has 0 aromatic heterocycles. The van der Waals surface area contributed by atoms with Crippen LogP contribution in [0.5, 0.6) is 0 Å². The van der Waals surface area contributed by atoms with Crippen molar-refractivity contribution in [3.8, 4) is 0 Å². The highest BCUT2D eigenvalue weighted by Crippen LogP contribution is 2.47. The average molecular weight is 638 g/mol. The number of hydrogen-bond donors (Lipinski definition) is 1. The fraction of sp³-hybridized carbons (Fsp3) is 0.722. The number of hydrogen-bond acceptors (Lipinski definition) is 7. The van der Waals surface area contributed by atoms with Gasteiger partial charge in [-0.25, -0.2) is 4.79 Å². The van der Waals surface area contributed by atoms with Gasteiger partial charge in [0.15, 0.2) is 0 Å². The van der Waals surface area contributed by atoms with Crippen LogP contribution in [-0.2, 0) is 25.5 Å². The highest BCUT2D eigenvalue weighted by atomic mass is 16.6. The molecule has 5 rings (SSSR count). The van der Waals surface area contributed by atoms with Gasteiger partial charge in [-0.15, -0.1) is 0 Å². The largest absolute Gasteiger partial charge is 0.448 e. The molecule has 3 saturated heterocycles. The Hall–Kier alpha value is -3.14. The fourth-order valence-electron chi connectivity index (χ4n) is 8.67. The lowest BCUT2D eigenvalue weighted by Crippen LogP contribution is -2.45. The number of fused-ring (bicyclic) bond motifs is 1. The van der Waals surface area contributed by atoms with Gasteiger partial charge in [0, 0.05) is 51.7 Å². The summed E-state index contributed by atoms with van der Waals surface area (Å²) in [4.78, 5) is 55.5. The first-order valence-electron chi connectivity index (χ1n) is 17.7. The van der Waals surface area contributed by atoms with Crippen LogP contribution in [0.15, 0.2) is 18.2 Å². The molecule has 1 aliphatic carbocycles. The highest BCUT2D eigenvalue weighted by molar-refractivity contribution is 5.87. The van der Waals surface area contributed by atoms with Crippen molar-refractivity contribution in [2.24, 2.45) is 11.3 Å². The van der Waals surface area contributed by atoms with Crippen LogP contribution in [0.1, 0.15) is 96.0 Å². The molecule has 3 heterocycles. The van der Waals surface area contributed by atoms with Crippen molar-refractivity contribution in [1.82, 2.24) is 15.1 Å². The third-order valence-corrected chi connectivity index (χ3v) is 11.9. The normalized spacial score (nSPS) is 23.5. The molecule has 4 aliphatic rings. The van der Waals surface area contributed by atoms with Crippen molar-refractivity contribution in [1.29, 1.82) is 0 Å². The Morgan fingerprint density at radius 3 is 2.52 bits per heavy atom. The number of anilines is 2. The molecule has 3 atom stereocenters. The van der Waals surface area contributed by atoms with E-state index in [0.29, 0.717) is 36.8 Å². The van der Waals surface area contributed by atoms with Gasteiger partial charge in [0.25, 0.3) is 0 Å². The molecule has 3 aliphatic heterocycles. The van der Waals surface area contributed by atoms with Crippen LogP contribution in [0.4, 0.5) is 16.2 Å². The third-order valence-electron chi connectivity index (χ3n) is 11.9. The number of nitrogens with one attached hydrogen (secondary N) is 1. The molecule has 1 aromatic rings. The summed E-state index contributed by atoms with van der Waals surface area (Å²) in [6.45, 7) is 5.37. The van der Waals surface area contributed by atoms with E-state index in [4.69, 9.17) is 4.74 Å². The summed E-state index contributed by atoms with van der Waals surface area (Å²) < 4.78 is 5.83. The lowest BCUT2D eigenvalue weighted by Gasteiger charge is -2.45. The van der Waals surface area contributed by atoms with Crippen molar-refractivity contribution >= 4 is 36.2 Å². The maximum Gasteiger partial charge on any atom is 0.409 e. The van der Waals surface area contributed by atoms with Crippen molar-refractivity contribution in [2.75, 3.05) is 50.1 Å². The van der Waals surface area contributed by atoms with E-state index in [1.54, 1.807) is 11.9 Å². The lowest BCUT2D eigenvalue weighted by molar-refractivity contribution is -0.125. The van der Waals surface area contributed by atoms with Crippen LogP contribution in [0.25, 0.3) is 0 Å². The van der Waals surface area contributed by atoms with E-state index in [9.17, 15) is 19.2 Å². The fourth-order valence-corrected chi connectivity index (χ4v) is 8.67. The lowest BCUT2D eigenvalue weighted by atomic mass is 9.65. The molecule has 0 radical (unpaired) electrons. The van der Waals surface area contributed by atoms with Crippen LogP contribution in [0.3, 0.4) is 0 Å². The molecule has 254 valence electrons. The van der Waals surface area contributed by atoms with Crippen LogP contribution in [0.2, 0.25) is 0 Å². The number of amides is 4. The maximum atomic E-state index is 12.9. The van der Waals surface area contributed by atoms with Gasteiger partial charge in [-0.3, -0.25) is 24.6 Å². The van der Waals surface area contributed by atoms with Crippen LogP contribution < -0.4 is 15.1 Å². The molecule has 4 fully saturated rings. The maximum absolute atomic E-state index is 12.9. The number of piperidine rings is 1. The van der Waals surface area contributed by atoms with Crippen molar-refractivity contribution in [3.63, 3.8) is 0 Å². The molecule has 1 N–H and O–H groups in total. The van der Waals surface area contributed by atoms with Crippen LogP contribution >= 0.6 is 0 Å². The smallest absolute Gasteiger partial charge is 0.409 e. The molecule has 4 amide bonds. The zero-order valence-electron chi connectivity index (χ0n) is 28.3. The molecule has 10 nitrogen and oxygen atoms in total. The number of carbonyl (C=O) groups is 4. The topological polar surface area (TPSA) is 102 Å². The molecule has 0 bridgehead atoms. The Labute approximate surface area is 275 Å². The Bertz CT molecular complexity index is 1210. The SMILES string of the molecule is CC(CCC(=O)NC=O)N(C)c1cccc(CCC2CCC3(CC2)CCN(C(=O)OCC2CCC4CCCN42)CC3)c1N(C)C=O.